The molecule has 0 radical (unpaired) electrons. The van der Waals surface area contributed by atoms with Gasteiger partial charge in [0.25, 0.3) is 0 Å². The fraction of sp³-hybridized carbons (Fsp3) is 0.316. The molecule has 0 spiro atoms. The third-order valence-electron chi connectivity index (χ3n) is 4.18. The topological polar surface area (TPSA) is 41.6 Å². The van der Waals surface area contributed by atoms with E-state index in [1.807, 2.05) is 24.3 Å². The monoisotopic (exact) mass is 378 g/mol. The summed E-state index contributed by atoms with van der Waals surface area (Å²) in [5.41, 5.74) is 1.61. The van der Waals surface area contributed by atoms with Gasteiger partial charge in [-0.3, -0.25) is 9.69 Å². The van der Waals surface area contributed by atoms with Gasteiger partial charge in [-0.05, 0) is 37.1 Å². The highest BCUT2D eigenvalue weighted by molar-refractivity contribution is 6.35. The largest absolute Gasteiger partial charge is 0.496 e. The zero-order chi connectivity index (χ0) is 17.8. The Labute approximate surface area is 157 Å². The summed E-state index contributed by atoms with van der Waals surface area (Å²) < 4.78 is 5.42. The Morgan fingerprint density at radius 2 is 2.00 bits per heavy atom. The molecule has 3 rings (SSSR count). The summed E-state index contributed by atoms with van der Waals surface area (Å²) in [6, 6.07) is 13.3. The smallest absolute Gasteiger partial charge is 0.238 e. The number of methoxy groups -OCH3 is 1. The number of hydrogen-bond acceptors (Lipinski definition) is 3. The van der Waals surface area contributed by atoms with E-state index < -0.39 is 0 Å². The lowest BCUT2D eigenvalue weighted by molar-refractivity contribution is -0.117. The maximum Gasteiger partial charge on any atom is 0.238 e. The van der Waals surface area contributed by atoms with Crippen LogP contribution in [-0.2, 0) is 11.3 Å². The number of para-hydroxylation sites is 1. The first kappa shape index (κ1) is 18.1. The van der Waals surface area contributed by atoms with Gasteiger partial charge in [0.1, 0.15) is 5.75 Å². The zero-order valence-electron chi connectivity index (χ0n) is 14.0. The molecule has 4 nitrogen and oxygen atoms in total. The van der Waals surface area contributed by atoms with Gasteiger partial charge in [-0.2, -0.15) is 0 Å². The molecule has 0 atom stereocenters. The van der Waals surface area contributed by atoms with Crippen molar-refractivity contribution in [3.8, 4) is 5.75 Å². The van der Waals surface area contributed by atoms with Gasteiger partial charge in [-0.25, -0.2) is 0 Å². The SMILES string of the molecule is COc1ccccc1CN(CC(=O)Nc1cc(Cl)ccc1Cl)C1CC1. The Bertz CT molecular complexity index is 763. The van der Waals surface area contributed by atoms with Crippen LogP contribution in [0.1, 0.15) is 18.4 Å². The number of anilines is 1. The van der Waals surface area contributed by atoms with E-state index in [1.165, 1.54) is 0 Å². The summed E-state index contributed by atoms with van der Waals surface area (Å²) in [5.74, 6) is 0.734. The summed E-state index contributed by atoms with van der Waals surface area (Å²) in [6.07, 6.45) is 2.22. The van der Waals surface area contributed by atoms with E-state index in [-0.39, 0.29) is 5.91 Å². The van der Waals surface area contributed by atoms with Crippen LogP contribution in [0.5, 0.6) is 5.75 Å². The number of carbonyl (C=O) groups is 1. The van der Waals surface area contributed by atoms with E-state index in [2.05, 4.69) is 10.2 Å². The van der Waals surface area contributed by atoms with Gasteiger partial charge < -0.3 is 10.1 Å². The Balaban J connectivity index is 1.67. The van der Waals surface area contributed by atoms with Crippen LogP contribution in [0.3, 0.4) is 0 Å². The van der Waals surface area contributed by atoms with Gasteiger partial charge in [-0.15, -0.1) is 0 Å². The lowest BCUT2D eigenvalue weighted by Gasteiger charge is -2.22. The first-order valence-electron chi connectivity index (χ1n) is 8.17. The number of nitrogens with one attached hydrogen (secondary N) is 1. The van der Waals surface area contributed by atoms with Crippen LogP contribution in [0.15, 0.2) is 42.5 Å². The number of amides is 1. The van der Waals surface area contributed by atoms with Gasteiger partial charge in [0.2, 0.25) is 5.91 Å². The van der Waals surface area contributed by atoms with Crippen molar-refractivity contribution in [2.24, 2.45) is 0 Å². The van der Waals surface area contributed by atoms with E-state index in [1.54, 1.807) is 25.3 Å². The number of benzene rings is 2. The number of carbonyl (C=O) groups excluding carboxylic acids is 1. The van der Waals surface area contributed by atoms with Gasteiger partial charge >= 0.3 is 0 Å². The Kier molecular flexibility index (Phi) is 5.84. The molecule has 1 fully saturated rings. The average molecular weight is 379 g/mol. The molecule has 0 bridgehead atoms. The summed E-state index contributed by atoms with van der Waals surface area (Å²) in [7, 11) is 1.66. The molecule has 1 aliphatic rings. The van der Waals surface area contributed by atoms with Gasteiger partial charge in [0.05, 0.1) is 24.4 Å². The number of ether oxygens (including phenoxy) is 1. The maximum atomic E-state index is 12.5. The van der Waals surface area contributed by atoms with Crippen LogP contribution in [0.2, 0.25) is 10.0 Å². The van der Waals surface area contributed by atoms with Gasteiger partial charge in [-0.1, -0.05) is 41.4 Å². The lowest BCUT2D eigenvalue weighted by Crippen LogP contribution is -2.34. The number of hydrogen-bond donors (Lipinski definition) is 1. The molecule has 0 aliphatic heterocycles. The summed E-state index contributed by atoms with van der Waals surface area (Å²) in [4.78, 5) is 14.6. The van der Waals surface area contributed by atoms with Crippen molar-refractivity contribution >= 4 is 34.8 Å². The third-order valence-corrected chi connectivity index (χ3v) is 4.74. The van der Waals surface area contributed by atoms with Gasteiger partial charge in [0, 0.05) is 23.2 Å². The van der Waals surface area contributed by atoms with E-state index >= 15 is 0 Å². The molecular formula is C19H20Cl2N2O2. The highest BCUT2D eigenvalue weighted by Crippen LogP contribution is 2.30. The molecule has 6 heteroatoms. The van der Waals surface area contributed by atoms with E-state index in [9.17, 15) is 4.79 Å². The Morgan fingerprint density at radius 3 is 2.72 bits per heavy atom. The predicted octanol–water partition coefficient (Wildman–Crippen LogP) is 4.61. The first-order valence-corrected chi connectivity index (χ1v) is 8.93. The molecule has 0 heterocycles. The molecule has 1 amide bonds. The van der Waals surface area contributed by atoms with Crippen molar-refractivity contribution in [3.05, 3.63) is 58.1 Å². The van der Waals surface area contributed by atoms with E-state index in [4.69, 9.17) is 27.9 Å². The standard InChI is InChI=1S/C19H20Cl2N2O2/c1-25-18-5-3-2-4-13(18)11-23(15-7-8-15)12-19(24)22-17-10-14(20)6-9-16(17)21/h2-6,9-10,15H,7-8,11-12H2,1H3,(H,22,24). The molecule has 25 heavy (non-hydrogen) atoms. The molecule has 1 saturated carbocycles. The molecule has 1 aliphatic carbocycles. The average Bonchev–Trinajstić information content (AvgIpc) is 3.43. The van der Waals surface area contributed by atoms with Crippen molar-refractivity contribution in [2.75, 3.05) is 19.0 Å². The van der Waals surface area contributed by atoms with Crippen LogP contribution < -0.4 is 10.1 Å². The second-order valence-electron chi connectivity index (χ2n) is 6.12. The van der Waals surface area contributed by atoms with Crippen LogP contribution in [-0.4, -0.2) is 30.5 Å². The molecule has 2 aromatic rings. The van der Waals surface area contributed by atoms with Crippen LogP contribution in [0, 0.1) is 0 Å². The molecular weight excluding hydrogens is 359 g/mol. The maximum absolute atomic E-state index is 12.5. The highest BCUT2D eigenvalue weighted by atomic mass is 35.5. The quantitative estimate of drug-likeness (QED) is 0.764. The Morgan fingerprint density at radius 1 is 1.24 bits per heavy atom. The fourth-order valence-corrected chi connectivity index (χ4v) is 3.11. The minimum atomic E-state index is -0.106. The molecule has 1 N–H and O–H groups in total. The predicted molar refractivity (Wildman–Crippen MR) is 102 cm³/mol. The molecule has 132 valence electrons. The van der Waals surface area contributed by atoms with Crippen LogP contribution in [0.25, 0.3) is 0 Å². The number of halogens is 2. The number of rotatable bonds is 7. The van der Waals surface area contributed by atoms with Crippen LogP contribution in [0.4, 0.5) is 5.69 Å². The van der Waals surface area contributed by atoms with Crippen molar-refractivity contribution in [1.82, 2.24) is 4.90 Å². The molecule has 2 aromatic carbocycles. The minimum Gasteiger partial charge on any atom is -0.496 e. The second-order valence-corrected chi connectivity index (χ2v) is 6.96. The lowest BCUT2D eigenvalue weighted by atomic mass is 10.2. The normalized spacial score (nSPS) is 13.8. The van der Waals surface area contributed by atoms with Crippen LogP contribution >= 0.6 is 23.2 Å². The number of nitrogens with zero attached hydrogens (tertiary/aromatic N) is 1. The second kappa shape index (κ2) is 8.09. The molecule has 0 aromatic heterocycles. The summed E-state index contributed by atoms with van der Waals surface area (Å²) in [5, 5.41) is 3.86. The third kappa shape index (κ3) is 4.88. The van der Waals surface area contributed by atoms with Crippen molar-refractivity contribution in [1.29, 1.82) is 0 Å². The minimum absolute atomic E-state index is 0.106. The first-order chi connectivity index (χ1) is 12.1. The van der Waals surface area contributed by atoms with Crippen molar-refractivity contribution in [3.63, 3.8) is 0 Å². The highest BCUT2D eigenvalue weighted by Gasteiger charge is 2.31. The van der Waals surface area contributed by atoms with Crippen molar-refractivity contribution in [2.45, 2.75) is 25.4 Å². The molecule has 0 unspecified atom stereocenters. The Hall–Kier alpha value is -1.75. The summed E-state index contributed by atoms with van der Waals surface area (Å²) >= 11 is 12.1. The van der Waals surface area contributed by atoms with Gasteiger partial charge in [0.15, 0.2) is 0 Å². The zero-order valence-corrected chi connectivity index (χ0v) is 15.5. The van der Waals surface area contributed by atoms with E-state index in [0.29, 0.717) is 34.9 Å². The van der Waals surface area contributed by atoms with Crippen molar-refractivity contribution < 1.29 is 9.53 Å². The summed E-state index contributed by atoms with van der Waals surface area (Å²) in [6.45, 7) is 0.969. The molecule has 0 saturated heterocycles. The fourth-order valence-electron chi connectivity index (χ4n) is 2.77. The van der Waals surface area contributed by atoms with E-state index in [0.717, 1.165) is 24.2 Å².